The SMILES string of the molecule is CNC(CCN1CCC(C)C(O)C1)c1cccc(F)c1F. The molecule has 5 heteroatoms. The van der Waals surface area contributed by atoms with Gasteiger partial charge in [-0.25, -0.2) is 8.78 Å². The average molecular weight is 298 g/mol. The molecular weight excluding hydrogens is 274 g/mol. The summed E-state index contributed by atoms with van der Waals surface area (Å²) >= 11 is 0. The summed E-state index contributed by atoms with van der Waals surface area (Å²) in [5, 5.41) is 13.0. The first kappa shape index (κ1) is 16.3. The van der Waals surface area contributed by atoms with E-state index in [-0.39, 0.29) is 12.1 Å². The number of aliphatic hydroxyl groups excluding tert-OH is 1. The van der Waals surface area contributed by atoms with E-state index < -0.39 is 11.6 Å². The van der Waals surface area contributed by atoms with Gasteiger partial charge in [0.25, 0.3) is 0 Å². The van der Waals surface area contributed by atoms with Crippen LogP contribution < -0.4 is 5.32 Å². The molecule has 3 atom stereocenters. The van der Waals surface area contributed by atoms with Gasteiger partial charge in [-0.3, -0.25) is 0 Å². The summed E-state index contributed by atoms with van der Waals surface area (Å²) in [4.78, 5) is 2.19. The lowest BCUT2D eigenvalue weighted by atomic mass is 9.95. The van der Waals surface area contributed by atoms with Crippen molar-refractivity contribution in [1.29, 1.82) is 0 Å². The van der Waals surface area contributed by atoms with Gasteiger partial charge in [0.15, 0.2) is 11.6 Å². The Bertz CT molecular complexity index is 470. The fourth-order valence-electron chi connectivity index (χ4n) is 2.87. The molecule has 1 aromatic carbocycles. The Morgan fingerprint density at radius 2 is 2.19 bits per heavy atom. The van der Waals surface area contributed by atoms with Crippen LogP contribution in [-0.2, 0) is 0 Å². The monoisotopic (exact) mass is 298 g/mol. The number of likely N-dealkylation sites (tertiary alicyclic amines) is 1. The molecule has 1 aliphatic rings. The van der Waals surface area contributed by atoms with Crippen LogP contribution in [0.4, 0.5) is 8.78 Å². The minimum absolute atomic E-state index is 0.225. The lowest BCUT2D eigenvalue weighted by molar-refractivity contribution is 0.0278. The van der Waals surface area contributed by atoms with Gasteiger partial charge in [-0.15, -0.1) is 0 Å². The lowest BCUT2D eigenvalue weighted by Crippen LogP contribution is -2.43. The number of nitrogens with zero attached hydrogens (tertiary/aromatic N) is 1. The van der Waals surface area contributed by atoms with Gasteiger partial charge >= 0.3 is 0 Å². The van der Waals surface area contributed by atoms with Crippen LogP contribution in [0.25, 0.3) is 0 Å². The van der Waals surface area contributed by atoms with E-state index in [1.165, 1.54) is 6.07 Å². The molecule has 1 aliphatic heterocycles. The molecule has 1 heterocycles. The van der Waals surface area contributed by atoms with E-state index in [9.17, 15) is 13.9 Å². The third-order valence-corrected chi connectivity index (χ3v) is 4.44. The first-order valence-electron chi connectivity index (χ1n) is 7.54. The summed E-state index contributed by atoms with van der Waals surface area (Å²) in [6.45, 7) is 4.41. The topological polar surface area (TPSA) is 35.5 Å². The summed E-state index contributed by atoms with van der Waals surface area (Å²) in [5.74, 6) is -1.25. The van der Waals surface area contributed by atoms with Crippen molar-refractivity contribution in [2.45, 2.75) is 31.9 Å². The number of aliphatic hydroxyl groups is 1. The Balaban J connectivity index is 1.95. The highest BCUT2D eigenvalue weighted by Gasteiger charge is 2.25. The predicted octanol–water partition coefficient (Wildman–Crippen LogP) is 2.32. The molecule has 0 aliphatic carbocycles. The maximum absolute atomic E-state index is 13.8. The maximum Gasteiger partial charge on any atom is 0.163 e. The molecule has 1 saturated heterocycles. The minimum atomic E-state index is -0.810. The number of rotatable bonds is 5. The van der Waals surface area contributed by atoms with Gasteiger partial charge in [0.1, 0.15) is 0 Å². The average Bonchev–Trinajstić information content (AvgIpc) is 2.47. The molecule has 0 saturated carbocycles. The van der Waals surface area contributed by atoms with Gasteiger partial charge in [0.05, 0.1) is 6.10 Å². The number of β-amino-alcohol motifs (C(OH)–C–C–N with tert-alkyl or cyclic N) is 1. The standard InChI is InChI=1S/C16H24F2N2O/c1-11-6-8-20(10-15(11)21)9-7-14(19-2)12-4-3-5-13(17)16(12)18/h3-5,11,14-15,19,21H,6-10H2,1-2H3. The van der Waals surface area contributed by atoms with Crippen LogP contribution in [0.3, 0.4) is 0 Å². The Kier molecular flexibility index (Phi) is 5.67. The van der Waals surface area contributed by atoms with E-state index in [2.05, 4.69) is 17.1 Å². The predicted molar refractivity (Wildman–Crippen MR) is 79.0 cm³/mol. The summed E-state index contributed by atoms with van der Waals surface area (Å²) in [5.41, 5.74) is 0.364. The summed E-state index contributed by atoms with van der Waals surface area (Å²) < 4.78 is 27.2. The second kappa shape index (κ2) is 7.29. The molecule has 3 nitrogen and oxygen atoms in total. The van der Waals surface area contributed by atoms with Gasteiger partial charge in [-0.05, 0) is 38.4 Å². The summed E-state index contributed by atoms with van der Waals surface area (Å²) in [6, 6.07) is 4.06. The second-order valence-electron chi connectivity index (χ2n) is 5.91. The number of halogens is 2. The van der Waals surface area contributed by atoms with Crippen molar-refractivity contribution in [2.24, 2.45) is 5.92 Å². The summed E-state index contributed by atoms with van der Waals surface area (Å²) in [7, 11) is 1.75. The van der Waals surface area contributed by atoms with Crippen molar-refractivity contribution < 1.29 is 13.9 Å². The van der Waals surface area contributed by atoms with Gasteiger partial charge in [0, 0.05) is 24.7 Å². The van der Waals surface area contributed by atoms with E-state index in [1.807, 2.05) is 0 Å². The highest BCUT2D eigenvalue weighted by Crippen LogP contribution is 2.23. The Morgan fingerprint density at radius 1 is 1.43 bits per heavy atom. The molecule has 0 aromatic heterocycles. The van der Waals surface area contributed by atoms with Crippen molar-refractivity contribution in [3.8, 4) is 0 Å². The normalized spacial score (nSPS) is 25.0. The highest BCUT2D eigenvalue weighted by atomic mass is 19.2. The van der Waals surface area contributed by atoms with Crippen molar-refractivity contribution in [1.82, 2.24) is 10.2 Å². The molecule has 0 spiro atoms. The van der Waals surface area contributed by atoms with E-state index in [1.54, 1.807) is 13.1 Å². The van der Waals surface area contributed by atoms with Gasteiger partial charge in [0.2, 0.25) is 0 Å². The molecule has 0 radical (unpaired) electrons. The molecule has 2 N–H and O–H groups in total. The van der Waals surface area contributed by atoms with Crippen molar-refractivity contribution in [3.05, 3.63) is 35.4 Å². The number of nitrogens with one attached hydrogen (secondary N) is 1. The Morgan fingerprint density at radius 3 is 2.86 bits per heavy atom. The minimum Gasteiger partial charge on any atom is -0.392 e. The van der Waals surface area contributed by atoms with Crippen LogP contribution in [0, 0.1) is 17.6 Å². The van der Waals surface area contributed by atoms with Crippen LogP contribution in [-0.4, -0.2) is 42.8 Å². The molecule has 1 aromatic rings. The molecule has 2 rings (SSSR count). The number of benzene rings is 1. The first-order valence-corrected chi connectivity index (χ1v) is 7.54. The Hall–Kier alpha value is -1.04. The number of hydrogen-bond acceptors (Lipinski definition) is 3. The lowest BCUT2D eigenvalue weighted by Gasteiger charge is -2.35. The molecule has 0 amide bonds. The van der Waals surface area contributed by atoms with E-state index in [0.29, 0.717) is 24.4 Å². The van der Waals surface area contributed by atoms with Crippen LogP contribution >= 0.6 is 0 Å². The fraction of sp³-hybridized carbons (Fsp3) is 0.625. The fourth-order valence-corrected chi connectivity index (χ4v) is 2.87. The molecule has 1 fully saturated rings. The quantitative estimate of drug-likeness (QED) is 0.876. The molecule has 3 unspecified atom stereocenters. The number of hydrogen-bond donors (Lipinski definition) is 2. The largest absolute Gasteiger partial charge is 0.392 e. The van der Waals surface area contributed by atoms with Crippen molar-refractivity contribution in [2.75, 3.05) is 26.7 Å². The van der Waals surface area contributed by atoms with E-state index in [0.717, 1.165) is 25.6 Å². The van der Waals surface area contributed by atoms with Gasteiger partial charge in [-0.2, -0.15) is 0 Å². The van der Waals surface area contributed by atoms with E-state index in [4.69, 9.17) is 0 Å². The second-order valence-corrected chi connectivity index (χ2v) is 5.91. The van der Waals surface area contributed by atoms with Crippen molar-refractivity contribution >= 4 is 0 Å². The Labute approximate surface area is 125 Å². The summed E-state index contributed by atoms with van der Waals surface area (Å²) in [6.07, 6.45) is 1.36. The van der Waals surface area contributed by atoms with Crippen LogP contribution in [0.5, 0.6) is 0 Å². The third-order valence-electron chi connectivity index (χ3n) is 4.44. The van der Waals surface area contributed by atoms with Gasteiger partial charge < -0.3 is 15.3 Å². The first-order chi connectivity index (χ1) is 10.0. The van der Waals surface area contributed by atoms with E-state index >= 15 is 0 Å². The zero-order chi connectivity index (χ0) is 15.4. The van der Waals surface area contributed by atoms with Crippen molar-refractivity contribution in [3.63, 3.8) is 0 Å². The molecule has 21 heavy (non-hydrogen) atoms. The van der Waals surface area contributed by atoms with Crippen LogP contribution in [0.2, 0.25) is 0 Å². The molecule has 118 valence electrons. The highest BCUT2D eigenvalue weighted by molar-refractivity contribution is 5.22. The zero-order valence-corrected chi connectivity index (χ0v) is 12.6. The van der Waals surface area contributed by atoms with Gasteiger partial charge in [-0.1, -0.05) is 19.1 Å². The van der Waals surface area contributed by atoms with Crippen LogP contribution in [0.1, 0.15) is 31.4 Å². The van der Waals surface area contributed by atoms with Crippen LogP contribution in [0.15, 0.2) is 18.2 Å². The molecule has 0 bridgehead atoms. The smallest absolute Gasteiger partial charge is 0.163 e. The zero-order valence-electron chi connectivity index (χ0n) is 12.6. The third kappa shape index (κ3) is 3.99. The molecular formula is C16H24F2N2O. The maximum atomic E-state index is 13.8. The number of piperidine rings is 1.